The van der Waals surface area contributed by atoms with E-state index in [-0.39, 0.29) is 12.3 Å². The van der Waals surface area contributed by atoms with Gasteiger partial charge < -0.3 is 14.8 Å². The summed E-state index contributed by atoms with van der Waals surface area (Å²) in [4.78, 5) is 11.2. The van der Waals surface area contributed by atoms with Crippen LogP contribution >= 0.6 is 0 Å². The quantitative estimate of drug-likeness (QED) is 0.852. The minimum atomic E-state index is -0.929. The van der Waals surface area contributed by atoms with Crippen LogP contribution in [0.1, 0.15) is 29.4 Å². The fourth-order valence-corrected chi connectivity index (χ4v) is 2.19. The van der Waals surface area contributed by atoms with Crippen molar-refractivity contribution in [3.8, 4) is 0 Å². The number of benzene rings is 1. The van der Waals surface area contributed by atoms with Gasteiger partial charge in [-0.1, -0.05) is 13.0 Å². The van der Waals surface area contributed by atoms with Gasteiger partial charge >= 0.3 is 5.97 Å². The first-order valence-electron chi connectivity index (χ1n) is 6.13. The topological polar surface area (TPSA) is 62.5 Å². The highest BCUT2D eigenvalue weighted by Crippen LogP contribution is 2.22. The highest BCUT2D eigenvalue weighted by molar-refractivity contribution is 5.94. The molecule has 0 amide bonds. The number of rotatable bonds is 5. The summed E-state index contributed by atoms with van der Waals surface area (Å²) in [6.45, 7) is 2.65. The fourth-order valence-electron chi connectivity index (χ4n) is 2.19. The number of aromatic carboxylic acids is 1. The maximum atomic E-state index is 11.2. The van der Waals surface area contributed by atoms with Gasteiger partial charge in [-0.15, -0.1) is 0 Å². The Hall–Kier alpha value is -1.81. The average Bonchev–Trinajstić information content (AvgIpc) is 2.74. The summed E-state index contributed by atoms with van der Waals surface area (Å²) in [5.41, 5.74) is 2.39. The number of aryl methyl sites for hydroxylation is 2. The normalized spacial score (nSPS) is 11.0. The van der Waals surface area contributed by atoms with Gasteiger partial charge in [0.2, 0.25) is 0 Å². The molecule has 0 atom stereocenters. The molecular weight excluding hydrogens is 230 g/mol. The summed E-state index contributed by atoms with van der Waals surface area (Å²) in [6, 6.07) is 7.70. The number of aromatic nitrogens is 1. The van der Waals surface area contributed by atoms with Crippen LogP contribution < -0.4 is 0 Å². The summed E-state index contributed by atoms with van der Waals surface area (Å²) >= 11 is 0. The minimum Gasteiger partial charge on any atom is -0.477 e. The zero-order chi connectivity index (χ0) is 13.1. The molecule has 2 N–H and O–H groups in total. The first-order valence-corrected chi connectivity index (χ1v) is 6.13. The molecule has 0 spiro atoms. The molecule has 0 aliphatic carbocycles. The van der Waals surface area contributed by atoms with Gasteiger partial charge in [0.05, 0.1) is 0 Å². The Bertz CT molecular complexity index is 572. The molecule has 0 saturated carbocycles. The van der Waals surface area contributed by atoms with E-state index in [1.165, 1.54) is 5.56 Å². The molecule has 2 aromatic rings. The van der Waals surface area contributed by atoms with Crippen molar-refractivity contribution in [1.82, 2.24) is 4.57 Å². The number of fused-ring (bicyclic) bond motifs is 1. The molecule has 0 saturated heterocycles. The molecule has 4 heteroatoms. The first-order chi connectivity index (χ1) is 8.67. The Kier molecular flexibility index (Phi) is 3.67. The smallest absolute Gasteiger partial charge is 0.352 e. The predicted octanol–water partition coefficient (Wildman–Crippen LogP) is 2.28. The lowest BCUT2D eigenvalue weighted by atomic mass is 10.1. The van der Waals surface area contributed by atoms with E-state index in [0.29, 0.717) is 13.0 Å². The summed E-state index contributed by atoms with van der Waals surface area (Å²) < 4.78 is 1.76. The van der Waals surface area contributed by atoms with Crippen molar-refractivity contribution in [2.45, 2.75) is 26.3 Å². The second kappa shape index (κ2) is 5.23. The number of aliphatic hydroxyl groups is 1. The molecule has 18 heavy (non-hydrogen) atoms. The molecule has 0 fully saturated rings. The standard InChI is InChI=1S/C14H17NO3/c1-2-10-4-5-12-11(8-10)9-13(14(17)18)15(12)6-3-7-16/h4-5,8-9,16H,2-3,6-7H2,1H3,(H,17,18). The monoisotopic (exact) mass is 247 g/mol. The second-order valence-corrected chi connectivity index (χ2v) is 4.31. The van der Waals surface area contributed by atoms with E-state index in [1.54, 1.807) is 10.6 Å². The number of carboxylic acid groups (broad SMARTS) is 1. The van der Waals surface area contributed by atoms with Crippen LogP contribution in [0.25, 0.3) is 10.9 Å². The van der Waals surface area contributed by atoms with Gasteiger partial charge in [0.25, 0.3) is 0 Å². The third-order valence-electron chi connectivity index (χ3n) is 3.13. The lowest BCUT2D eigenvalue weighted by molar-refractivity contribution is 0.0685. The van der Waals surface area contributed by atoms with Crippen LogP contribution in [-0.4, -0.2) is 27.4 Å². The van der Waals surface area contributed by atoms with Crippen molar-refractivity contribution < 1.29 is 15.0 Å². The summed E-state index contributed by atoms with van der Waals surface area (Å²) in [5.74, 6) is -0.929. The molecule has 4 nitrogen and oxygen atoms in total. The molecule has 1 aromatic heterocycles. The molecule has 96 valence electrons. The van der Waals surface area contributed by atoms with Gasteiger partial charge in [-0.25, -0.2) is 4.79 Å². The largest absolute Gasteiger partial charge is 0.477 e. The molecule has 2 rings (SSSR count). The molecule has 1 heterocycles. The van der Waals surface area contributed by atoms with E-state index in [1.807, 2.05) is 18.2 Å². The Morgan fingerprint density at radius 3 is 2.72 bits per heavy atom. The van der Waals surface area contributed by atoms with Gasteiger partial charge in [-0.3, -0.25) is 0 Å². The first kappa shape index (κ1) is 12.6. The van der Waals surface area contributed by atoms with Crippen molar-refractivity contribution in [2.24, 2.45) is 0 Å². The maximum absolute atomic E-state index is 11.2. The van der Waals surface area contributed by atoms with Crippen LogP contribution in [-0.2, 0) is 13.0 Å². The Labute approximate surface area is 105 Å². The number of hydrogen-bond acceptors (Lipinski definition) is 2. The van der Waals surface area contributed by atoms with Gasteiger partial charge in [-0.2, -0.15) is 0 Å². The second-order valence-electron chi connectivity index (χ2n) is 4.31. The molecule has 0 aliphatic rings. The highest BCUT2D eigenvalue weighted by atomic mass is 16.4. The molecular formula is C14H17NO3. The van der Waals surface area contributed by atoms with Crippen LogP contribution in [0.4, 0.5) is 0 Å². The number of nitrogens with zero attached hydrogens (tertiary/aromatic N) is 1. The minimum absolute atomic E-state index is 0.0613. The lowest BCUT2D eigenvalue weighted by Gasteiger charge is -2.07. The van der Waals surface area contributed by atoms with Crippen LogP contribution in [0.3, 0.4) is 0 Å². The van der Waals surface area contributed by atoms with Crippen LogP contribution in [0, 0.1) is 0 Å². The van der Waals surface area contributed by atoms with Crippen LogP contribution in [0.15, 0.2) is 24.3 Å². The zero-order valence-electron chi connectivity index (χ0n) is 10.4. The summed E-state index contributed by atoms with van der Waals surface area (Å²) in [6.07, 6.45) is 1.49. The Morgan fingerprint density at radius 1 is 1.33 bits per heavy atom. The molecule has 0 bridgehead atoms. The summed E-state index contributed by atoms with van der Waals surface area (Å²) in [5, 5.41) is 19.0. The maximum Gasteiger partial charge on any atom is 0.352 e. The highest BCUT2D eigenvalue weighted by Gasteiger charge is 2.14. The van der Waals surface area contributed by atoms with E-state index in [9.17, 15) is 9.90 Å². The molecule has 0 radical (unpaired) electrons. The van der Waals surface area contributed by atoms with Crippen molar-refractivity contribution in [1.29, 1.82) is 0 Å². The lowest BCUT2D eigenvalue weighted by Crippen LogP contribution is -2.09. The number of aliphatic hydroxyl groups excluding tert-OH is 1. The SMILES string of the molecule is CCc1ccc2c(c1)cc(C(=O)O)n2CCCO. The number of carbonyl (C=O) groups is 1. The zero-order valence-corrected chi connectivity index (χ0v) is 10.4. The van der Waals surface area contributed by atoms with Crippen LogP contribution in [0.5, 0.6) is 0 Å². The van der Waals surface area contributed by atoms with Crippen molar-refractivity contribution in [3.05, 3.63) is 35.5 Å². The fraction of sp³-hybridized carbons (Fsp3) is 0.357. The average molecular weight is 247 g/mol. The Morgan fingerprint density at radius 2 is 2.11 bits per heavy atom. The number of hydrogen-bond donors (Lipinski definition) is 2. The van der Waals surface area contributed by atoms with Crippen molar-refractivity contribution in [3.63, 3.8) is 0 Å². The molecule has 1 aromatic carbocycles. The van der Waals surface area contributed by atoms with Gasteiger partial charge in [0.15, 0.2) is 0 Å². The van der Waals surface area contributed by atoms with E-state index in [2.05, 4.69) is 6.92 Å². The molecule has 0 unspecified atom stereocenters. The van der Waals surface area contributed by atoms with E-state index < -0.39 is 5.97 Å². The third-order valence-corrected chi connectivity index (χ3v) is 3.13. The third kappa shape index (κ3) is 2.24. The summed E-state index contributed by atoms with van der Waals surface area (Å²) in [7, 11) is 0. The predicted molar refractivity (Wildman–Crippen MR) is 70.0 cm³/mol. The van der Waals surface area contributed by atoms with Gasteiger partial charge in [0.1, 0.15) is 5.69 Å². The van der Waals surface area contributed by atoms with Crippen LogP contribution in [0.2, 0.25) is 0 Å². The van der Waals surface area contributed by atoms with Gasteiger partial charge in [-0.05, 0) is 36.6 Å². The van der Waals surface area contributed by atoms with E-state index in [4.69, 9.17) is 5.11 Å². The van der Waals surface area contributed by atoms with Crippen molar-refractivity contribution >= 4 is 16.9 Å². The van der Waals surface area contributed by atoms with E-state index >= 15 is 0 Å². The van der Waals surface area contributed by atoms with Crippen molar-refractivity contribution in [2.75, 3.05) is 6.61 Å². The van der Waals surface area contributed by atoms with E-state index in [0.717, 1.165) is 17.3 Å². The van der Waals surface area contributed by atoms with Gasteiger partial charge in [0, 0.05) is 24.1 Å². The molecule has 0 aliphatic heterocycles. The Balaban J connectivity index is 2.56. The number of carboxylic acids is 1.